The van der Waals surface area contributed by atoms with Crippen LogP contribution in [0.4, 0.5) is 0 Å². The van der Waals surface area contributed by atoms with Crippen molar-refractivity contribution in [3.05, 3.63) is 29.3 Å². The van der Waals surface area contributed by atoms with Crippen LogP contribution in [0, 0.1) is 0 Å². The Hall–Kier alpha value is -1.10. The van der Waals surface area contributed by atoms with Gasteiger partial charge in [-0.1, -0.05) is 6.07 Å². The Balaban J connectivity index is 2.19. The van der Waals surface area contributed by atoms with Crippen LogP contribution in [0.5, 0.6) is 5.75 Å². The molecule has 1 atom stereocenters. The molecule has 0 spiro atoms. The third-order valence-electron chi connectivity index (χ3n) is 3.48. The van der Waals surface area contributed by atoms with Crippen molar-refractivity contribution >= 4 is 0 Å². The van der Waals surface area contributed by atoms with Gasteiger partial charge >= 0.3 is 0 Å². The van der Waals surface area contributed by atoms with Crippen molar-refractivity contribution < 1.29 is 5.11 Å². The van der Waals surface area contributed by atoms with Crippen molar-refractivity contribution in [2.75, 3.05) is 26.2 Å². The molecule has 0 aliphatic carbocycles. The van der Waals surface area contributed by atoms with Crippen LogP contribution in [-0.4, -0.2) is 36.2 Å². The molecular weight excluding hydrogens is 214 g/mol. The number of nitrogens with two attached hydrogens (primary N) is 1. The lowest BCUT2D eigenvalue weighted by molar-refractivity contribution is 0.183. The minimum absolute atomic E-state index is 0.239. The molecule has 1 fully saturated rings. The highest BCUT2D eigenvalue weighted by Crippen LogP contribution is 2.29. The second-order valence-corrected chi connectivity index (χ2v) is 4.56. The number of piperazine rings is 1. The van der Waals surface area contributed by atoms with Gasteiger partial charge in [0.15, 0.2) is 0 Å². The Labute approximate surface area is 102 Å². The maximum atomic E-state index is 9.95. The number of nitrogens with one attached hydrogen (secondary N) is 1. The summed E-state index contributed by atoms with van der Waals surface area (Å²) < 4.78 is 0. The van der Waals surface area contributed by atoms with E-state index >= 15 is 0 Å². The van der Waals surface area contributed by atoms with Crippen LogP contribution in [-0.2, 0) is 6.54 Å². The molecule has 0 amide bonds. The fraction of sp³-hybridized carbons (Fsp3) is 0.538. The van der Waals surface area contributed by atoms with Crippen LogP contribution in [0.3, 0.4) is 0 Å². The van der Waals surface area contributed by atoms with E-state index in [9.17, 15) is 5.11 Å². The van der Waals surface area contributed by atoms with Gasteiger partial charge in [-0.15, -0.1) is 0 Å². The second-order valence-electron chi connectivity index (χ2n) is 4.56. The molecule has 2 rings (SSSR count). The maximum Gasteiger partial charge on any atom is 0.120 e. The van der Waals surface area contributed by atoms with Crippen LogP contribution in [0.25, 0.3) is 0 Å². The zero-order chi connectivity index (χ0) is 12.3. The molecule has 0 radical (unpaired) electrons. The number of phenols is 1. The average Bonchev–Trinajstić information content (AvgIpc) is 2.39. The Morgan fingerprint density at radius 1 is 1.41 bits per heavy atom. The normalized spacial score (nSPS) is 19.2. The van der Waals surface area contributed by atoms with E-state index in [1.165, 1.54) is 0 Å². The molecule has 94 valence electrons. The molecule has 1 unspecified atom stereocenters. The summed E-state index contributed by atoms with van der Waals surface area (Å²) in [7, 11) is 0. The number of benzene rings is 1. The molecular formula is C13H21N3O. The third kappa shape index (κ3) is 2.77. The molecule has 1 aromatic rings. The molecule has 0 saturated carbocycles. The predicted octanol–water partition coefficient (Wildman–Crippen LogP) is 0.817. The smallest absolute Gasteiger partial charge is 0.120 e. The monoisotopic (exact) mass is 235 g/mol. The van der Waals surface area contributed by atoms with Crippen LogP contribution >= 0.6 is 0 Å². The fourth-order valence-electron chi connectivity index (χ4n) is 2.33. The number of nitrogens with zero attached hydrogens (tertiary/aromatic N) is 1. The van der Waals surface area contributed by atoms with Crippen molar-refractivity contribution in [2.45, 2.75) is 19.5 Å². The first-order chi connectivity index (χ1) is 8.22. The molecule has 1 aromatic carbocycles. The van der Waals surface area contributed by atoms with E-state index < -0.39 is 0 Å². The summed E-state index contributed by atoms with van der Waals surface area (Å²) in [5.74, 6) is 0.369. The Morgan fingerprint density at radius 2 is 2.12 bits per heavy atom. The van der Waals surface area contributed by atoms with Gasteiger partial charge in [-0.3, -0.25) is 4.90 Å². The zero-order valence-corrected chi connectivity index (χ0v) is 10.3. The third-order valence-corrected chi connectivity index (χ3v) is 3.48. The molecule has 0 aromatic heterocycles. The van der Waals surface area contributed by atoms with E-state index in [0.29, 0.717) is 12.3 Å². The molecule has 4 N–H and O–H groups in total. The van der Waals surface area contributed by atoms with Crippen LogP contribution in [0.2, 0.25) is 0 Å². The second kappa shape index (κ2) is 5.49. The van der Waals surface area contributed by atoms with Crippen molar-refractivity contribution in [2.24, 2.45) is 5.73 Å². The first-order valence-corrected chi connectivity index (χ1v) is 6.19. The van der Waals surface area contributed by atoms with Gasteiger partial charge in [0, 0.05) is 44.3 Å². The SMILES string of the molecule is CC(c1cc(CN)ccc1O)N1CCNCC1. The first kappa shape index (κ1) is 12.4. The van der Waals surface area contributed by atoms with E-state index in [-0.39, 0.29) is 6.04 Å². The van der Waals surface area contributed by atoms with Gasteiger partial charge in [0.1, 0.15) is 5.75 Å². The summed E-state index contributed by atoms with van der Waals surface area (Å²) in [5, 5.41) is 13.3. The van der Waals surface area contributed by atoms with Gasteiger partial charge in [-0.05, 0) is 24.6 Å². The van der Waals surface area contributed by atoms with E-state index in [0.717, 1.165) is 37.3 Å². The minimum atomic E-state index is 0.239. The van der Waals surface area contributed by atoms with Crippen LogP contribution in [0.1, 0.15) is 24.1 Å². The summed E-state index contributed by atoms with van der Waals surface area (Å²) in [6, 6.07) is 5.88. The molecule has 1 aliphatic heterocycles. The number of rotatable bonds is 3. The van der Waals surface area contributed by atoms with Gasteiger partial charge in [-0.25, -0.2) is 0 Å². The van der Waals surface area contributed by atoms with Crippen molar-refractivity contribution in [1.82, 2.24) is 10.2 Å². The van der Waals surface area contributed by atoms with Crippen LogP contribution in [0.15, 0.2) is 18.2 Å². The number of aromatic hydroxyl groups is 1. The molecule has 1 saturated heterocycles. The lowest BCUT2D eigenvalue weighted by atomic mass is 10.0. The fourth-order valence-corrected chi connectivity index (χ4v) is 2.33. The minimum Gasteiger partial charge on any atom is -0.508 e. The van der Waals surface area contributed by atoms with Crippen molar-refractivity contribution in [1.29, 1.82) is 0 Å². The summed E-state index contributed by atoms with van der Waals surface area (Å²) >= 11 is 0. The largest absolute Gasteiger partial charge is 0.508 e. The Kier molecular flexibility index (Phi) is 3.99. The first-order valence-electron chi connectivity index (χ1n) is 6.19. The Bertz CT molecular complexity index is 375. The highest BCUT2D eigenvalue weighted by Gasteiger charge is 2.20. The van der Waals surface area contributed by atoms with Gasteiger partial charge in [0.2, 0.25) is 0 Å². The van der Waals surface area contributed by atoms with E-state index in [4.69, 9.17) is 5.73 Å². The number of hydrogen-bond donors (Lipinski definition) is 3. The zero-order valence-electron chi connectivity index (χ0n) is 10.3. The molecule has 4 heteroatoms. The number of phenolic OH excluding ortho intramolecular Hbond substituents is 1. The average molecular weight is 235 g/mol. The van der Waals surface area contributed by atoms with Gasteiger partial charge in [-0.2, -0.15) is 0 Å². The molecule has 17 heavy (non-hydrogen) atoms. The highest BCUT2D eigenvalue weighted by atomic mass is 16.3. The lowest BCUT2D eigenvalue weighted by Gasteiger charge is -2.33. The number of hydrogen-bond acceptors (Lipinski definition) is 4. The molecule has 1 heterocycles. The van der Waals surface area contributed by atoms with Gasteiger partial charge < -0.3 is 16.2 Å². The van der Waals surface area contributed by atoms with Crippen molar-refractivity contribution in [3.8, 4) is 5.75 Å². The van der Waals surface area contributed by atoms with Gasteiger partial charge in [0.25, 0.3) is 0 Å². The highest BCUT2D eigenvalue weighted by molar-refractivity contribution is 5.38. The summed E-state index contributed by atoms with van der Waals surface area (Å²) in [5.41, 5.74) is 7.69. The van der Waals surface area contributed by atoms with Gasteiger partial charge in [0.05, 0.1) is 0 Å². The molecule has 0 bridgehead atoms. The summed E-state index contributed by atoms with van der Waals surface area (Å²) in [6.07, 6.45) is 0. The standard InChI is InChI=1S/C13H21N3O/c1-10(16-6-4-15-5-7-16)12-8-11(9-14)2-3-13(12)17/h2-3,8,10,15,17H,4-7,9,14H2,1H3. The van der Waals surface area contributed by atoms with Crippen molar-refractivity contribution in [3.63, 3.8) is 0 Å². The Morgan fingerprint density at radius 3 is 2.76 bits per heavy atom. The predicted molar refractivity (Wildman–Crippen MR) is 68.9 cm³/mol. The maximum absolute atomic E-state index is 9.95. The quantitative estimate of drug-likeness (QED) is 0.726. The van der Waals surface area contributed by atoms with E-state index in [1.54, 1.807) is 6.07 Å². The van der Waals surface area contributed by atoms with Crippen LogP contribution < -0.4 is 11.1 Å². The molecule has 4 nitrogen and oxygen atoms in total. The summed E-state index contributed by atoms with van der Waals surface area (Å²) in [4.78, 5) is 2.38. The lowest BCUT2D eigenvalue weighted by Crippen LogP contribution is -2.44. The van der Waals surface area contributed by atoms with E-state index in [2.05, 4.69) is 17.1 Å². The summed E-state index contributed by atoms with van der Waals surface area (Å²) in [6.45, 7) is 6.73. The van der Waals surface area contributed by atoms with E-state index in [1.807, 2.05) is 12.1 Å². The topological polar surface area (TPSA) is 61.5 Å². The molecule has 1 aliphatic rings.